The van der Waals surface area contributed by atoms with E-state index in [0.29, 0.717) is 24.0 Å². The van der Waals surface area contributed by atoms with Crippen molar-refractivity contribution in [2.24, 2.45) is 0 Å². The maximum absolute atomic E-state index is 13.5. The van der Waals surface area contributed by atoms with Gasteiger partial charge in [0.05, 0.1) is 22.3 Å². The number of carbonyl (C=O) groups is 2. The number of carbonyl (C=O) groups excluding carboxylic acids is 2. The lowest BCUT2D eigenvalue weighted by Gasteiger charge is -2.41. The van der Waals surface area contributed by atoms with Crippen molar-refractivity contribution in [3.8, 4) is 11.3 Å². The van der Waals surface area contributed by atoms with Crippen molar-refractivity contribution in [2.75, 3.05) is 19.6 Å². The minimum absolute atomic E-state index is 0.0287. The Balaban J connectivity index is 1.29. The normalized spacial score (nSPS) is 23.2. The van der Waals surface area contributed by atoms with Gasteiger partial charge in [0.25, 0.3) is 5.91 Å². The van der Waals surface area contributed by atoms with E-state index in [4.69, 9.17) is 11.6 Å². The molecule has 0 radical (unpaired) electrons. The van der Waals surface area contributed by atoms with E-state index in [1.54, 1.807) is 9.42 Å². The first-order chi connectivity index (χ1) is 17.0. The van der Waals surface area contributed by atoms with Gasteiger partial charge in [0.2, 0.25) is 5.91 Å². The lowest BCUT2D eigenvalue weighted by atomic mass is 9.91. The first-order valence-electron chi connectivity index (χ1n) is 12.5. The van der Waals surface area contributed by atoms with Crippen LogP contribution in [0.4, 0.5) is 0 Å². The summed E-state index contributed by atoms with van der Waals surface area (Å²) in [5.74, 6) is 0.170. The van der Waals surface area contributed by atoms with Crippen LogP contribution in [0.15, 0.2) is 42.5 Å². The van der Waals surface area contributed by atoms with Crippen LogP contribution in [-0.2, 0) is 4.79 Å². The number of pyridine rings is 1. The highest BCUT2D eigenvalue weighted by molar-refractivity contribution is 6.37. The van der Waals surface area contributed by atoms with Crippen molar-refractivity contribution in [3.63, 3.8) is 0 Å². The fraction of sp³-hybridized carbons (Fsp3) is 0.444. The molecule has 1 aromatic carbocycles. The van der Waals surface area contributed by atoms with Crippen molar-refractivity contribution in [3.05, 3.63) is 58.7 Å². The smallest absolute Gasteiger partial charge is 0.276 e. The summed E-state index contributed by atoms with van der Waals surface area (Å²) in [7, 11) is 0. The van der Waals surface area contributed by atoms with Crippen molar-refractivity contribution < 1.29 is 14.7 Å². The Hall–Kier alpha value is -2.90. The second kappa shape index (κ2) is 8.95. The van der Waals surface area contributed by atoms with Crippen LogP contribution in [0.25, 0.3) is 16.8 Å². The lowest BCUT2D eigenvalue weighted by molar-refractivity contribution is -0.138. The average molecular weight is 493 g/mol. The minimum Gasteiger partial charge on any atom is -0.393 e. The zero-order chi connectivity index (χ0) is 24.1. The van der Waals surface area contributed by atoms with E-state index < -0.39 is 0 Å². The third-order valence-electron chi connectivity index (χ3n) is 7.67. The Bertz CT molecular complexity index is 1280. The number of amides is 2. The summed E-state index contributed by atoms with van der Waals surface area (Å²) in [5, 5.41) is 14.8. The third kappa shape index (κ3) is 4.21. The van der Waals surface area contributed by atoms with Crippen LogP contribution >= 0.6 is 11.6 Å². The van der Waals surface area contributed by atoms with Crippen LogP contribution in [0.1, 0.15) is 60.5 Å². The summed E-state index contributed by atoms with van der Waals surface area (Å²) in [5.41, 5.74) is 4.06. The molecule has 2 aromatic heterocycles. The standard InChI is InChI=1S/C27H29ClN4O3/c28-25-23-15-19(17-6-7-17)14-22(18-4-2-1-3-5-18)32(23)29-26(25)27(35)30-12-13-31(24(34)16-30)20-8-10-21(33)11-9-20/h1-5,14-15,17,20-21,33H,6-13,16H2. The molecule has 35 heavy (non-hydrogen) atoms. The molecule has 2 aliphatic carbocycles. The summed E-state index contributed by atoms with van der Waals surface area (Å²) in [6.07, 6.45) is 5.13. The van der Waals surface area contributed by atoms with Crippen LogP contribution < -0.4 is 0 Å². The number of hydrogen-bond donors (Lipinski definition) is 1. The molecule has 8 heteroatoms. The summed E-state index contributed by atoms with van der Waals surface area (Å²) < 4.78 is 1.77. The molecule has 1 N–H and O–H groups in total. The van der Waals surface area contributed by atoms with Gasteiger partial charge in [-0.2, -0.15) is 5.10 Å². The average Bonchev–Trinajstić information content (AvgIpc) is 3.68. The molecular weight excluding hydrogens is 464 g/mol. The van der Waals surface area contributed by atoms with Crippen molar-refractivity contribution in [2.45, 2.75) is 56.6 Å². The number of benzene rings is 1. The predicted molar refractivity (Wildman–Crippen MR) is 133 cm³/mol. The van der Waals surface area contributed by atoms with Gasteiger partial charge in [-0.25, -0.2) is 4.52 Å². The van der Waals surface area contributed by atoms with E-state index in [1.165, 1.54) is 5.56 Å². The predicted octanol–water partition coefficient (Wildman–Crippen LogP) is 4.12. The van der Waals surface area contributed by atoms with Crippen LogP contribution in [0.3, 0.4) is 0 Å². The van der Waals surface area contributed by atoms with Gasteiger partial charge in [-0.1, -0.05) is 41.9 Å². The quantitative estimate of drug-likeness (QED) is 0.594. The first-order valence-corrected chi connectivity index (χ1v) is 12.9. The monoisotopic (exact) mass is 492 g/mol. The number of rotatable bonds is 4. The highest BCUT2D eigenvalue weighted by Gasteiger charge is 2.35. The molecule has 1 aliphatic heterocycles. The maximum atomic E-state index is 13.5. The molecule has 3 aliphatic rings. The SMILES string of the molecule is O=C(c1nn2c(-c3ccccc3)cc(C3CC3)cc2c1Cl)N1CCN(C2CCC(O)CC2)C(=O)C1. The first kappa shape index (κ1) is 22.6. The largest absolute Gasteiger partial charge is 0.393 e. The number of fused-ring (bicyclic) bond motifs is 1. The van der Waals surface area contributed by atoms with Crippen LogP contribution in [-0.4, -0.2) is 68.1 Å². The van der Waals surface area contributed by atoms with Gasteiger partial charge in [-0.05, 0) is 62.1 Å². The Morgan fingerprint density at radius 3 is 2.43 bits per heavy atom. The Morgan fingerprint density at radius 2 is 1.74 bits per heavy atom. The molecule has 3 aromatic rings. The molecule has 7 nitrogen and oxygen atoms in total. The molecule has 0 unspecified atom stereocenters. The van der Waals surface area contributed by atoms with E-state index >= 15 is 0 Å². The van der Waals surface area contributed by atoms with E-state index in [-0.39, 0.29) is 36.2 Å². The zero-order valence-corrected chi connectivity index (χ0v) is 20.3. The van der Waals surface area contributed by atoms with Crippen LogP contribution in [0.5, 0.6) is 0 Å². The van der Waals surface area contributed by atoms with Gasteiger partial charge in [0.15, 0.2) is 5.69 Å². The molecule has 0 spiro atoms. The second-order valence-electron chi connectivity index (χ2n) is 10.1. The fourth-order valence-corrected chi connectivity index (χ4v) is 5.76. The number of aromatic nitrogens is 2. The fourth-order valence-electron chi connectivity index (χ4n) is 5.51. The number of aliphatic hydroxyl groups is 1. The molecule has 2 amide bonds. The van der Waals surface area contributed by atoms with Crippen LogP contribution in [0.2, 0.25) is 5.02 Å². The molecule has 3 fully saturated rings. The summed E-state index contributed by atoms with van der Waals surface area (Å²) in [4.78, 5) is 29.9. The summed E-state index contributed by atoms with van der Waals surface area (Å²) in [6, 6.07) is 14.4. The Labute approximate surface area is 209 Å². The molecule has 182 valence electrons. The van der Waals surface area contributed by atoms with Crippen molar-refractivity contribution >= 4 is 28.9 Å². The molecule has 2 saturated carbocycles. The number of piperazine rings is 1. The van der Waals surface area contributed by atoms with Gasteiger partial charge >= 0.3 is 0 Å². The highest BCUT2D eigenvalue weighted by Crippen LogP contribution is 2.43. The number of nitrogens with zero attached hydrogens (tertiary/aromatic N) is 4. The summed E-state index contributed by atoms with van der Waals surface area (Å²) >= 11 is 6.78. The Morgan fingerprint density at radius 1 is 1.00 bits per heavy atom. The molecule has 0 atom stereocenters. The highest BCUT2D eigenvalue weighted by atomic mass is 35.5. The number of aliphatic hydroxyl groups excluding tert-OH is 1. The minimum atomic E-state index is -0.308. The van der Waals surface area contributed by atoms with Crippen LogP contribution in [0, 0.1) is 0 Å². The van der Waals surface area contributed by atoms with E-state index in [9.17, 15) is 14.7 Å². The van der Waals surface area contributed by atoms with E-state index in [2.05, 4.69) is 17.2 Å². The van der Waals surface area contributed by atoms with Crippen molar-refractivity contribution in [1.82, 2.24) is 19.4 Å². The second-order valence-corrected chi connectivity index (χ2v) is 10.4. The molecular formula is C27H29ClN4O3. The molecule has 3 heterocycles. The van der Waals surface area contributed by atoms with Gasteiger partial charge in [-0.3, -0.25) is 9.59 Å². The summed E-state index contributed by atoms with van der Waals surface area (Å²) in [6.45, 7) is 0.977. The lowest BCUT2D eigenvalue weighted by Crippen LogP contribution is -2.56. The zero-order valence-electron chi connectivity index (χ0n) is 19.6. The van der Waals surface area contributed by atoms with Gasteiger partial charge in [-0.15, -0.1) is 0 Å². The van der Waals surface area contributed by atoms with E-state index in [0.717, 1.165) is 55.3 Å². The third-order valence-corrected chi connectivity index (χ3v) is 8.04. The Kier molecular flexibility index (Phi) is 5.77. The molecule has 1 saturated heterocycles. The van der Waals surface area contributed by atoms with Gasteiger partial charge in [0.1, 0.15) is 6.54 Å². The number of halogens is 1. The van der Waals surface area contributed by atoms with Crippen molar-refractivity contribution in [1.29, 1.82) is 0 Å². The van der Waals surface area contributed by atoms with Gasteiger partial charge < -0.3 is 14.9 Å². The van der Waals surface area contributed by atoms with Gasteiger partial charge in [0, 0.05) is 24.7 Å². The molecule has 0 bridgehead atoms. The molecule has 6 rings (SSSR count). The maximum Gasteiger partial charge on any atom is 0.276 e. The topological polar surface area (TPSA) is 78.2 Å². The van der Waals surface area contributed by atoms with E-state index in [1.807, 2.05) is 35.2 Å². The number of hydrogen-bond acceptors (Lipinski definition) is 4.